The predicted octanol–water partition coefficient (Wildman–Crippen LogP) is 0.562. The van der Waals surface area contributed by atoms with E-state index in [2.05, 4.69) is 11.9 Å². The average Bonchev–Trinajstić information content (AvgIpc) is 2.60. The fraction of sp³-hybridized carbons (Fsp3) is 0.692. The number of carbonyl (C=O) groups excluding carboxylic acids is 2. The van der Waals surface area contributed by atoms with E-state index in [1.165, 1.54) is 0 Å². The van der Waals surface area contributed by atoms with Crippen molar-refractivity contribution >= 4 is 11.8 Å². The molecule has 1 fully saturated rings. The Balaban J connectivity index is 2.54. The van der Waals surface area contributed by atoms with E-state index in [1.54, 1.807) is 18.1 Å². The van der Waals surface area contributed by atoms with Crippen LogP contribution in [0.2, 0.25) is 0 Å². The zero-order valence-corrected chi connectivity index (χ0v) is 11.4. The Bertz CT molecular complexity index is 339. The molecule has 1 heterocycles. The molecule has 1 aliphatic heterocycles. The van der Waals surface area contributed by atoms with E-state index in [9.17, 15) is 9.59 Å². The number of likely N-dealkylation sites (tertiary alicyclic amines) is 1. The van der Waals surface area contributed by atoms with Gasteiger partial charge in [-0.1, -0.05) is 6.08 Å². The number of hydrogen-bond donors (Lipinski definition) is 1. The average molecular weight is 254 g/mol. The number of methoxy groups -OCH3 is 1. The zero-order valence-electron chi connectivity index (χ0n) is 11.4. The summed E-state index contributed by atoms with van der Waals surface area (Å²) >= 11 is 0. The first-order chi connectivity index (χ1) is 8.39. The minimum atomic E-state index is -0.416. The van der Waals surface area contributed by atoms with E-state index in [1.807, 2.05) is 13.8 Å². The standard InChI is InChI=1S/C13H22N2O3/c1-5-6-15-8-10(7-11(15)16)12(17)14-13(2,3)9-18-4/h5,10H,1,6-9H2,2-4H3,(H,14,17). The maximum atomic E-state index is 12.1. The minimum absolute atomic E-state index is 0.0135. The van der Waals surface area contributed by atoms with E-state index in [4.69, 9.17) is 4.74 Å². The molecule has 0 aromatic carbocycles. The molecule has 1 rings (SSSR count). The first-order valence-corrected chi connectivity index (χ1v) is 6.09. The second-order valence-corrected chi connectivity index (χ2v) is 5.29. The van der Waals surface area contributed by atoms with Crippen LogP contribution in [0.15, 0.2) is 12.7 Å². The molecule has 0 spiro atoms. The summed E-state index contributed by atoms with van der Waals surface area (Å²) in [5.74, 6) is -0.342. The van der Waals surface area contributed by atoms with Crippen molar-refractivity contribution in [3.05, 3.63) is 12.7 Å². The van der Waals surface area contributed by atoms with Gasteiger partial charge in [-0.15, -0.1) is 6.58 Å². The maximum absolute atomic E-state index is 12.1. The topological polar surface area (TPSA) is 58.6 Å². The summed E-state index contributed by atoms with van der Waals surface area (Å²) in [6, 6.07) is 0. The third-order valence-corrected chi connectivity index (χ3v) is 2.90. The Morgan fingerprint density at radius 1 is 1.67 bits per heavy atom. The van der Waals surface area contributed by atoms with Gasteiger partial charge in [0.1, 0.15) is 0 Å². The molecule has 1 N–H and O–H groups in total. The Kier molecular flexibility index (Phi) is 4.90. The molecule has 18 heavy (non-hydrogen) atoms. The molecule has 0 radical (unpaired) electrons. The fourth-order valence-electron chi connectivity index (χ4n) is 2.11. The molecule has 0 aliphatic carbocycles. The van der Waals surface area contributed by atoms with Gasteiger partial charge in [0.05, 0.1) is 18.1 Å². The highest BCUT2D eigenvalue weighted by Crippen LogP contribution is 2.18. The van der Waals surface area contributed by atoms with Crippen LogP contribution < -0.4 is 5.32 Å². The Morgan fingerprint density at radius 3 is 2.89 bits per heavy atom. The highest BCUT2D eigenvalue weighted by molar-refractivity contribution is 5.89. The van der Waals surface area contributed by atoms with Gasteiger partial charge in [-0.3, -0.25) is 9.59 Å². The van der Waals surface area contributed by atoms with E-state index < -0.39 is 5.54 Å². The third kappa shape index (κ3) is 3.84. The van der Waals surface area contributed by atoms with Crippen molar-refractivity contribution in [3.63, 3.8) is 0 Å². The summed E-state index contributed by atoms with van der Waals surface area (Å²) in [5, 5.41) is 2.91. The van der Waals surface area contributed by atoms with E-state index in [0.29, 0.717) is 19.7 Å². The molecule has 1 aliphatic rings. The van der Waals surface area contributed by atoms with Crippen molar-refractivity contribution in [2.45, 2.75) is 25.8 Å². The van der Waals surface area contributed by atoms with Crippen molar-refractivity contribution in [3.8, 4) is 0 Å². The predicted molar refractivity (Wildman–Crippen MR) is 69.0 cm³/mol. The lowest BCUT2D eigenvalue weighted by atomic mass is 10.0. The quantitative estimate of drug-likeness (QED) is 0.705. The lowest BCUT2D eigenvalue weighted by Crippen LogP contribution is -2.49. The molecule has 0 aromatic heterocycles. The van der Waals surface area contributed by atoms with Gasteiger partial charge in [-0.05, 0) is 13.8 Å². The highest BCUT2D eigenvalue weighted by atomic mass is 16.5. The largest absolute Gasteiger partial charge is 0.382 e. The van der Waals surface area contributed by atoms with Gasteiger partial charge in [0.25, 0.3) is 0 Å². The number of nitrogens with zero attached hydrogens (tertiary/aromatic N) is 1. The molecule has 2 amide bonds. The van der Waals surface area contributed by atoms with Crippen LogP contribution in [-0.2, 0) is 14.3 Å². The molecule has 0 aromatic rings. The molecule has 102 valence electrons. The van der Waals surface area contributed by atoms with Crippen LogP contribution in [0, 0.1) is 5.92 Å². The summed E-state index contributed by atoms with van der Waals surface area (Å²) < 4.78 is 5.05. The van der Waals surface area contributed by atoms with Gasteiger partial charge in [0.15, 0.2) is 0 Å². The van der Waals surface area contributed by atoms with Gasteiger partial charge in [0, 0.05) is 26.6 Å². The summed E-state index contributed by atoms with van der Waals surface area (Å²) in [5.41, 5.74) is -0.416. The van der Waals surface area contributed by atoms with E-state index in [0.717, 1.165) is 0 Å². The SMILES string of the molecule is C=CCN1CC(C(=O)NC(C)(C)COC)CC1=O. The number of amides is 2. The Morgan fingerprint density at radius 2 is 2.33 bits per heavy atom. The first kappa shape index (κ1) is 14.7. The van der Waals surface area contributed by atoms with Crippen molar-refractivity contribution in [2.75, 3.05) is 26.8 Å². The molecule has 0 saturated carbocycles. The van der Waals surface area contributed by atoms with Crippen LogP contribution in [0.25, 0.3) is 0 Å². The summed E-state index contributed by atoms with van der Waals surface area (Å²) in [6.45, 7) is 8.81. The molecular formula is C13H22N2O3. The number of rotatable bonds is 6. The normalized spacial score (nSPS) is 20.1. The third-order valence-electron chi connectivity index (χ3n) is 2.90. The van der Waals surface area contributed by atoms with Crippen LogP contribution in [0.3, 0.4) is 0 Å². The summed E-state index contributed by atoms with van der Waals surface area (Å²) in [4.78, 5) is 25.4. The highest BCUT2D eigenvalue weighted by Gasteiger charge is 2.35. The molecule has 0 bridgehead atoms. The van der Waals surface area contributed by atoms with E-state index >= 15 is 0 Å². The van der Waals surface area contributed by atoms with Gasteiger partial charge in [-0.25, -0.2) is 0 Å². The van der Waals surface area contributed by atoms with Crippen molar-refractivity contribution < 1.29 is 14.3 Å². The molecule has 5 heteroatoms. The first-order valence-electron chi connectivity index (χ1n) is 6.09. The molecule has 5 nitrogen and oxygen atoms in total. The smallest absolute Gasteiger partial charge is 0.225 e. The second kappa shape index (κ2) is 6.00. The molecular weight excluding hydrogens is 232 g/mol. The van der Waals surface area contributed by atoms with Crippen LogP contribution in [0.4, 0.5) is 0 Å². The molecule has 1 atom stereocenters. The van der Waals surface area contributed by atoms with Gasteiger partial charge >= 0.3 is 0 Å². The van der Waals surface area contributed by atoms with Crippen molar-refractivity contribution in [2.24, 2.45) is 5.92 Å². The van der Waals surface area contributed by atoms with E-state index in [-0.39, 0.29) is 24.2 Å². The molecule has 1 unspecified atom stereocenters. The minimum Gasteiger partial charge on any atom is -0.382 e. The van der Waals surface area contributed by atoms with Crippen molar-refractivity contribution in [1.82, 2.24) is 10.2 Å². The Hall–Kier alpha value is -1.36. The Labute approximate surface area is 108 Å². The number of ether oxygens (including phenoxy) is 1. The monoisotopic (exact) mass is 254 g/mol. The number of hydrogen-bond acceptors (Lipinski definition) is 3. The molecule has 1 saturated heterocycles. The van der Waals surface area contributed by atoms with Crippen LogP contribution >= 0.6 is 0 Å². The second-order valence-electron chi connectivity index (χ2n) is 5.29. The number of carbonyl (C=O) groups is 2. The fourth-order valence-corrected chi connectivity index (χ4v) is 2.11. The van der Waals surface area contributed by atoms with Gasteiger partial charge in [-0.2, -0.15) is 0 Å². The summed E-state index contributed by atoms with van der Waals surface area (Å²) in [6.07, 6.45) is 1.95. The van der Waals surface area contributed by atoms with Crippen LogP contribution in [0.1, 0.15) is 20.3 Å². The van der Waals surface area contributed by atoms with Crippen molar-refractivity contribution in [1.29, 1.82) is 0 Å². The number of nitrogens with one attached hydrogen (secondary N) is 1. The summed E-state index contributed by atoms with van der Waals surface area (Å²) in [7, 11) is 1.60. The van der Waals surface area contributed by atoms with Gasteiger partial charge in [0.2, 0.25) is 11.8 Å². The lowest BCUT2D eigenvalue weighted by molar-refractivity contribution is -0.129. The zero-order chi connectivity index (χ0) is 13.8. The van der Waals surface area contributed by atoms with Crippen LogP contribution in [0.5, 0.6) is 0 Å². The maximum Gasteiger partial charge on any atom is 0.225 e. The van der Waals surface area contributed by atoms with Gasteiger partial charge < -0.3 is 15.0 Å². The van der Waals surface area contributed by atoms with Crippen LogP contribution in [-0.4, -0.2) is 49.1 Å². The lowest BCUT2D eigenvalue weighted by Gasteiger charge is -2.26.